The van der Waals surface area contributed by atoms with Crippen LogP contribution in [0.25, 0.3) is 0 Å². The molecule has 0 aromatic heterocycles. The van der Waals surface area contributed by atoms with Crippen molar-refractivity contribution in [1.82, 2.24) is 0 Å². The first-order valence-electron chi connectivity index (χ1n) is 20.3. The predicted molar refractivity (Wildman–Crippen MR) is 232 cm³/mol. The van der Waals surface area contributed by atoms with Gasteiger partial charge >= 0.3 is 0 Å². The zero-order chi connectivity index (χ0) is 40.4. The van der Waals surface area contributed by atoms with Crippen LogP contribution in [0.15, 0.2) is 212 Å². The van der Waals surface area contributed by atoms with Crippen molar-refractivity contribution in [2.24, 2.45) is 0 Å². The van der Waals surface area contributed by atoms with Gasteiger partial charge in [0.15, 0.2) is 0 Å². The van der Waals surface area contributed by atoms with Crippen molar-refractivity contribution in [3.05, 3.63) is 251 Å². The quantitative estimate of drug-likeness (QED) is 0.0691. The molecular formula is C53H52O6. The van der Waals surface area contributed by atoms with E-state index >= 15 is 0 Å². The fraction of sp³-hybridized carbons (Fsp3) is 0.208. The predicted octanol–water partition coefficient (Wildman–Crippen LogP) is 10.3. The second-order valence-electron chi connectivity index (χ2n) is 14.5. The monoisotopic (exact) mass is 784 g/mol. The van der Waals surface area contributed by atoms with Crippen LogP contribution in [0.5, 0.6) is 0 Å². The summed E-state index contributed by atoms with van der Waals surface area (Å²) in [5, 5.41) is 12.2. The Hall–Kier alpha value is -5.70. The lowest BCUT2D eigenvalue weighted by Crippen LogP contribution is -2.52. The molecule has 300 valence electrons. The Bertz CT molecular complexity index is 2080. The molecule has 0 amide bonds. The number of aliphatic hydroxyl groups excluding tert-OH is 1. The van der Waals surface area contributed by atoms with E-state index in [-0.39, 0.29) is 33.0 Å². The van der Waals surface area contributed by atoms with Gasteiger partial charge < -0.3 is 28.8 Å². The molecule has 0 unspecified atom stereocenters. The van der Waals surface area contributed by atoms with Gasteiger partial charge in [-0.05, 0) is 38.9 Å². The van der Waals surface area contributed by atoms with Gasteiger partial charge in [0.2, 0.25) is 0 Å². The smallest absolute Gasteiger partial charge is 0.143 e. The third-order valence-electron chi connectivity index (χ3n) is 10.4. The lowest BCUT2D eigenvalue weighted by atomic mass is 9.80. The Morgan fingerprint density at radius 3 is 1.07 bits per heavy atom. The minimum Gasteiger partial charge on any atom is -0.388 e. The van der Waals surface area contributed by atoms with Gasteiger partial charge in [-0.25, -0.2) is 0 Å². The molecule has 4 atom stereocenters. The van der Waals surface area contributed by atoms with Crippen LogP contribution in [0.2, 0.25) is 0 Å². The van der Waals surface area contributed by atoms with E-state index in [1.807, 2.05) is 176 Å². The summed E-state index contributed by atoms with van der Waals surface area (Å²) in [6, 6.07) is 70.8. The molecule has 0 aliphatic carbocycles. The Kier molecular flexibility index (Phi) is 15.4. The van der Waals surface area contributed by atoms with Crippen LogP contribution < -0.4 is 0 Å². The lowest BCUT2D eigenvalue weighted by Gasteiger charge is -2.40. The van der Waals surface area contributed by atoms with Crippen molar-refractivity contribution in [2.75, 3.05) is 13.2 Å². The lowest BCUT2D eigenvalue weighted by molar-refractivity contribution is -0.202. The summed E-state index contributed by atoms with van der Waals surface area (Å²) >= 11 is 0. The minimum atomic E-state index is -1.09. The number of benzene rings is 7. The summed E-state index contributed by atoms with van der Waals surface area (Å²) in [6.45, 7) is 1.19. The second kappa shape index (κ2) is 21.9. The van der Waals surface area contributed by atoms with E-state index in [1.54, 1.807) is 0 Å². The Labute approximate surface area is 348 Å². The number of ether oxygens (including phenoxy) is 5. The molecule has 6 heteroatoms. The van der Waals surface area contributed by atoms with Crippen LogP contribution in [0.1, 0.15) is 38.9 Å². The number of rotatable bonds is 22. The molecule has 0 bridgehead atoms. The summed E-state index contributed by atoms with van der Waals surface area (Å²) < 4.78 is 34.3. The third-order valence-corrected chi connectivity index (χ3v) is 10.4. The van der Waals surface area contributed by atoms with E-state index in [0.717, 1.165) is 38.9 Å². The second-order valence-corrected chi connectivity index (χ2v) is 14.5. The number of hydrogen-bond donors (Lipinski definition) is 1. The molecular weight excluding hydrogens is 733 g/mol. The summed E-state index contributed by atoms with van der Waals surface area (Å²) in [5.41, 5.74) is 5.81. The summed E-state index contributed by atoms with van der Waals surface area (Å²) in [6.07, 6.45) is -3.54. The highest BCUT2D eigenvalue weighted by Crippen LogP contribution is 2.41. The largest absolute Gasteiger partial charge is 0.388 e. The van der Waals surface area contributed by atoms with E-state index < -0.39 is 30.0 Å². The van der Waals surface area contributed by atoms with Crippen molar-refractivity contribution in [1.29, 1.82) is 0 Å². The van der Waals surface area contributed by atoms with E-state index in [0.29, 0.717) is 6.61 Å². The van der Waals surface area contributed by atoms with E-state index in [9.17, 15) is 5.11 Å². The zero-order valence-electron chi connectivity index (χ0n) is 33.2. The van der Waals surface area contributed by atoms with E-state index in [2.05, 4.69) is 36.4 Å². The highest BCUT2D eigenvalue weighted by atomic mass is 16.6. The van der Waals surface area contributed by atoms with Crippen molar-refractivity contribution >= 4 is 0 Å². The van der Waals surface area contributed by atoms with Crippen LogP contribution in [-0.2, 0) is 55.7 Å². The van der Waals surface area contributed by atoms with E-state index in [4.69, 9.17) is 23.7 Å². The topological polar surface area (TPSA) is 66.4 Å². The SMILES string of the molecule is O[C@H](COCc1ccccc1)[C@@H](OCc1ccccc1)[C@H](OCc1ccccc1)[C@@H](COC(c1ccccc1)(c1ccccc1)c1ccccc1)OCc1ccccc1. The van der Waals surface area contributed by atoms with Gasteiger partial charge in [-0.3, -0.25) is 0 Å². The van der Waals surface area contributed by atoms with Crippen LogP contribution in [-0.4, -0.2) is 42.7 Å². The minimum absolute atomic E-state index is 0.00773. The van der Waals surface area contributed by atoms with Gasteiger partial charge in [0.1, 0.15) is 30.0 Å². The summed E-state index contributed by atoms with van der Waals surface area (Å²) in [5.74, 6) is 0. The fourth-order valence-corrected chi connectivity index (χ4v) is 7.33. The van der Waals surface area contributed by atoms with Crippen LogP contribution in [0, 0.1) is 0 Å². The highest BCUT2D eigenvalue weighted by Gasteiger charge is 2.42. The maximum Gasteiger partial charge on any atom is 0.143 e. The maximum atomic E-state index is 12.2. The first kappa shape index (κ1) is 41.5. The third kappa shape index (κ3) is 11.5. The summed E-state index contributed by atoms with van der Waals surface area (Å²) in [7, 11) is 0. The Morgan fingerprint density at radius 1 is 0.356 bits per heavy atom. The standard InChI is InChI=1S/C53H52O6/c54-49(40-55-36-42-22-8-1-9-23-42)51(57-38-44-26-12-3-13-27-44)52(58-39-45-28-14-4-15-29-45)50(56-37-43-24-10-2-11-25-43)41-59-53(46-30-16-5-17-31-46,47-32-18-6-19-33-47)48-34-20-7-21-35-48/h1-35,49-52,54H,36-41H2/t49-,50-,51-,52-/m1/s1. The summed E-state index contributed by atoms with van der Waals surface area (Å²) in [4.78, 5) is 0. The molecule has 0 spiro atoms. The molecule has 1 N–H and O–H groups in total. The van der Waals surface area contributed by atoms with Crippen LogP contribution in [0.3, 0.4) is 0 Å². The van der Waals surface area contributed by atoms with Gasteiger partial charge in [0.25, 0.3) is 0 Å². The molecule has 7 aromatic rings. The normalized spacial score (nSPS) is 13.6. The maximum absolute atomic E-state index is 12.2. The molecule has 0 aliphatic rings. The fourth-order valence-electron chi connectivity index (χ4n) is 7.33. The number of aliphatic hydroxyl groups is 1. The molecule has 0 radical (unpaired) electrons. The molecule has 0 fully saturated rings. The molecule has 0 heterocycles. The molecule has 0 aliphatic heterocycles. The molecule has 59 heavy (non-hydrogen) atoms. The van der Waals surface area contributed by atoms with Crippen LogP contribution in [0.4, 0.5) is 0 Å². The average Bonchev–Trinajstić information content (AvgIpc) is 3.31. The molecule has 7 aromatic carbocycles. The van der Waals surface area contributed by atoms with Gasteiger partial charge in [0, 0.05) is 0 Å². The average molecular weight is 785 g/mol. The van der Waals surface area contributed by atoms with Crippen molar-refractivity contribution in [2.45, 2.75) is 56.4 Å². The Morgan fingerprint density at radius 2 is 0.678 bits per heavy atom. The molecule has 7 rings (SSSR count). The highest BCUT2D eigenvalue weighted by molar-refractivity contribution is 5.47. The van der Waals surface area contributed by atoms with Crippen LogP contribution >= 0.6 is 0 Å². The number of hydrogen-bond acceptors (Lipinski definition) is 6. The first-order chi connectivity index (χ1) is 29.2. The van der Waals surface area contributed by atoms with Gasteiger partial charge in [0.05, 0.1) is 39.6 Å². The van der Waals surface area contributed by atoms with Gasteiger partial charge in [-0.15, -0.1) is 0 Å². The molecule has 0 saturated heterocycles. The Balaban J connectivity index is 1.29. The van der Waals surface area contributed by atoms with Crippen molar-refractivity contribution in [3.63, 3.8) is 0 Å². The molecule has 6 nitrogen and oxygen atoms in total. The van der Waals surface area contributed by atoms with E-state index in [1.165, 1.54) is 0 Å². The zero-order valence-corrected chi connectivity index (χ0v) is 33.2. The van der Waals surface area contributed by atoms with Crippen molar-refractivity contribution < 1.29 is 28.8 Å². The van der Waals surface area contributed by atoms with Gasteiger partial charge in [-0.1, -0.05) is 212 Å². The van der Waals surface area contributed by atoms with Crippen molar-refractivity contribution in [3.8, 4) is 0 Å². The van der Waals surface area contributed by atoms with Gasteiger partial charge in [-0.2, -0.15) is 0 Å². The first-order valence-corrected chi connectivity index (χ1v) is 20.3. The molecule has 0 saturated carbocycles.